The Hall–Kier alpha value is -1.31. The molecule has 8 heteroatoms. The predicted octanol–water partition coefficient (Wildman–Crippen LogP) is 2.22. The Morgan fingerprint density at radius 3 is 2.57 bits per heavy atom. The van der Waals surface area contributed by atoms with Crippen molar-refractivity contribution in [3.8, 4) is 5.75 Å². The molecule has 0 aliphatic rings. The van der Waals surface area contributed by atoms with Gasteiger partial charge in [0.2, 0.25) is 10.0 Å². The molecule has 1 unspecified atom stereocenters. The maximum absolute atomic E-state index is 12.7. The molecule has 0 aromatic heterocycles. The lowest BCUT2D eigenvalue weighted by Gasteiger charge is -2.26. The van der Waals surface area contributed by atoms with E-state index in [1.165, 1.54) is 25.3 Å². The Kier molecular flexibility index (Phi) is 6.00. The average Bonchev–Trinajstić information content (AvgIpc) is 2.43. The Morgan fingerprint density at radius 2 is 2.10 bits per heavy atom. The van der Waals surface area contributed by atoms with E-state index >= 15 is 0 Å². The number of ether oxygens (including phenoxy) is 1. The van der Waals surface area contributed by atoms with Gasteiger partial charge >= 0.3 is 5.97 Å². The van der Waals surface area contributed by atoms with Crippen molar-refractivity contribution in [1.82, 2.24) is 4.31 Å². The van der Waals surface area contributed by atoms with E-state index in [-0.39, 0.29) is 10.6 Å². The van der Waals surface area contributed by atoms with Gasteiger partial charge in [0.05, 0.1) is 7.11 Å². The summed E-state index contributed by atoms with van der Waals surface area (Å²) in [6, 6.07) is 3.66. The first-order valence-electron chi connectivity index (χ1n) is 6.31. The van der Waals surface area contributed by atoms with Gasteiger partial charge in [-0.25, -0.2) is 8.42 Å². The second-order valence-electron chi connectivity index (χ2n) is 4.50. The lowest BCUT2D eigenvalue weighted by Crippen LogP contribution is -2.41. The maximum atomic E-state index is 12.7. The average molecular weight is 336 g/mol. The molecule has 6 nitrogen and oxygen atoms in total. The van der Waals surface area contributed by atoms with Crippen LogP contribution in [0.15, 0.2) is 23.1 Å². The highest BCUT2D eigenvalue weighted by molar-refractivity contribution is 7.89. The molecule has 0 aliphatic heterocycles. The van der Waals surface area contributed by atoms with E-state index in [0.717, 1.165) is 4.31 Å². The smallest absolute Gasteiger partial charge is 0.318 e. The van der Waals surface area contributed by atoms with Crippen LogP contribution in [-0.2, 0) is 14.8 Å². The van der Waals surface area contributed by atoms with Gasteiger partial charge in [0.1, 0.15) is 17.2 Å². The second-order valence-corrected chi connectivity index (χ2v) is 6.79. The summed E-state index contributed by atoms with van der Waals surface area (Å²) >= 11 is 5.82. The summed E-state index contributed by atoms with van der Waals surface area (Å²) in [6.07, 6.45) is 0.489. The van der Waals surface area contributed by atoms with Gasteiger partial charge in [0, 0.05) is 17.1 Å². The standard InChI is InChI=1S/C13H18ClNO5S/c1-4-9(2)15(8-13(16)17)21(18,19)12-6-5-10(14)7-11(12)20-3/h5-7,9H,4,8H2,1-3H3,(H,16,17). The van der Waals surface area contributed by atoms with Crippen molar-refractivity contribution < 1.29 is 23.1 Å². The number of carboxylic acid groups (broad SMARTS) is 1. The Balaban J connectivity index is 3.38. The van der Waals surface area contributed by atoms with Crippen LogP contribution in [0.4, 0.5) is 0 Å². The molecule has 1 atom stereocenters. The van der Waals surface area contributed by atoms with Crippen molar-refractivity contribution in [2.75, 3.05) is 13.7 Å². The number of aliphatic carboxylic acids is 1. The molecule has 1 rings (SSSR count). The molecule has 0 saturated heterocycles. The lowest BCUT2D eigenvalue weighted by atomic mass is 10.2. The quantitative estimate of drug-likeness (QED) is 0.826. The predicted molar refractivity (Wildman–Crippen MR) is 79.3 cm³/mol. The molecule has 0 saturated carbocycles. The molecular formula is C13H18ClNO5S. The van der Waals surface area contributed by atoms with Crippen molar-refractivity contribution in [3.05, 3.63) is 23.2 Å². The number of benzene rings is 1. The fourth-order valence-electron chi connectivity index (χ4n) is 1.80. The van der Waals surface area contributed by atoms with Crippen molar-refractivity contribution in [1.29, 1.82) is 0 Å². The number of halogens is 1. The third-order valence-electron chi connectivity index (χ3n) is 3.09. The van der Waals surface area contributed by atoms with Crippen LogP contribution in [0.5, 0.6) is 5.75 Å². The van der Waals surface area contributed by atoms with Crippen LogP contribution < -0.4 is 4.74 Å². The number of nitrogens with zero attached hydrogens (tertiary/aromatic N) is 1. The second kappa shape index (κ2) is 7.11. The SMILES string of the molecule is CCC(C)N(CC(=O)O)S(=O)(=O)c1ccc(Cl)cc1OC. The minimum absolute atomic E-state index is 0.0844. The highest BCUT2D eigenvalue weighted by Crippen LogP contribution is 2.30. The highest BCUT2D eigenvalue weighted by Gasteiger charge is 2.32. The van der Waals surface area contributed by atoms with Gasteiger partial charge in [-0.15, -0.1) is 0 Å². The van der Waals surface area contributed by atoms with Crippen LogP contribution in [-0.4, -0.2) is 43.5 Å². The van der Waals surface area contributed by atoms with E-state index in [1.807, 2.05) is 0 Å². The summed E-state index contributed by atoms with van der Waals surface area (Å²) in [5, 5.41) is 9.28. The van der Waals surface area contributed by atoms with E-state index in [2.05, 4.69) is 0 Å². The summed E-state index contributed by atoms with van der Waals surface area (Å²) < 4.78 is 31.4. The molecule has 0 radical (unpaired) electrons. The third-order valence-corrected chi connectivity index (χ3v) is 5.32. The maximum Gasteiger partial charge on any atom is 0.318 e. The fourth-order valence-corrected chi connectivity index (χ4v) is 3.75. The Bertz CT molecular complexity index is 617. The van der Waals surface area contributed by atoms with E-state index in [4.69, 9.17) is 21.4 Å². The van der Waals surface area contributed by atoms with Gasteiger partial charge < -0.3 is 9.84 Å². The molecule has 0 aliphatic carbocycles. The van der Waals surface area contributed by atoms with Gasteiger partial charge in [-0.05, 0) is 25.5 Å². The largest absolute Gasteiger partial charge is 0.495 e. The van der Waals surface area contributed by atoms with Crippen molar-refractivity contribution in [2.24, 2.45) is 0 Å². The van der Waals surface area contributed by atoms with Crippen molar-refractivity contribution in [3.63, 3.8) is 0 Å². The van der Waals surface area contributed by atoms with E-state index < -0.39 is 28.6 Å². The number of hydrogen-bond donors (Lipinski definition) is 1. The summed E-state index contributed by atoms with van der Waals surface area (Å²) in [4.78, 5) is 10.9. The van der Waals surface area contributed by atoms with Crippen LogP contribution in [0.25, 0.3) is 0 Å². The van der Waals surface area contributed by atoms with Crippen LogP contribution in [0.2, 0.25) is 5.02 Å². The lowest BCUT2D eigenvalue weighted by molar-refractivity contribution is -0.137. The molecule has 1 aromatic carbocycles. The van der Waals surface area contributed by atoms with Crippen molar-refractivity contribution >= 4 is 27.6 Å². The van der Waals surface area contributed by atoms with Gasteiger partial charge in [0.25, 0.3) is 0 Å². The first-order valence-corrected chi connectivity index (χ1v) is 8.13. The number of methoxy groups -OCH3 is 1. The molecule has 0 spiro atoms. The van der Waals surface area contributed by atoms with Gasteiger partial charge in [0.15, 0.2) is 0 Å². The van der Waals surface area contributed by atoms with Crippen molar-refractivity contribution in [2.45, 2.75) is 31.2 Å². The van der Waals surface area contributed by atoms with Gasteiger partial charge in [-0.1, -0.05) is 18.5 Å². The zero-order valence-electron chi connectivity index (χ0n) is 12.0. The number of carboxylic acids is 1. The minimum atomic E-state index is -4.00. The summed E-state index contributed by atoms with van der Waals surface area (Å²) in [6.45, 7) is 2.83. The fraction of sp³-hybridized carbons (Fsp3) is 0.462. The normalized spacial score (nSPS) is 13.2. The van der Waals surface area contributed by atoms with Crippen LogP contribution in [0.3, 0.4) is 0 Å². The number of sulfonamides is 1. The molecule has 1 N–H and O–H groups in total. The molecule has 118 valence electrons. The van der Waals surface area contributed by atoms with E-state index in [9.17, 15) is 13.2 Å². The number of hydrogen-bond acceptors (Lipinski definition) is 4. The Labute approximate surface area is 129 Å². The molecule has 0 fully saturated rings. The summed E-state index contributed by atoms with van der Waals surface area (Å²) in [5.74, 6) is -1.13. The third kappa shape index (κ3) is 4.09. The van der Waals surface area contributed by atoms with Crippen LogP contribution in [0.1, 0.15) is 20.3 Å². The summed E-state index contributed by atoms with van der Waals surface area (Å²) in [5.41, 5.74) is 0. The molecule has 0 heterocycles. The molecule has 1 aromatic rings. The topological polar surface area (TPSA) is 83.9 Å². The number of carbonyl (C=O) groups is 1. The zero-order valence-corrected chi connectivity index (χ0v) is 13.6. The first kappa shape index (κ1) is 17.7. The number of rotatable bonds is 7. The van der Waals surface area contributed by atoms with Crippen LogP contribution >= 0.6 is 11.6 Å². The molecule has 0 bridgehead atoms. The summed E-state index contributed by atoms with van der Waals surface area (Å²) in [7, 11) is -2.67. The van der Waals surface area contributed by atoms with Crippen LogP contribution in [0, 0.1) is 0 Å². The molecule has 0 amide bonds. The monoisotopic (exact) mass is 335 g/mol. The zero-order chi connectivity index (χ0) is 16.2. The molecular weight excluding hydrogens is 318 g/mol. The first-order chi connectivity index (χ1) is 9.73. The Morgan fingerprint density at radius 1 is 1.48 bits per heavy atom. The van der Waals surface area contributed by atoms with Gasteiger partial charge in [-0.2, -0.15) is 4.31 Å². The molecule has 21 heavy (non-hydrogen) atoms. The van der Waals surface area contributed by atoms with Gasteiger partial charge in [-0.3, -0.25) is 4.79 Å². The van der Waals surface area contributed by atoms with E-state index in [1.54, 1.807) is 13.8 Å². The highest BCUT2D eigenvalue weighted by atomic mass is 35.5. The minimum Gasteiger partial charge on any atom is -0.495 e. The van der Waals surface area contributed by atoms with E-state index in [0.29, 0.717) is 11.4 Å².